The number of hydrogen-bond donors (Lipinski definition) is 1. The van der Waals surface area contributed by atoms with Crippen molar-refractivity contribution in [2.45, 2.75) is 6.54 Å². The highest BCUT2D eigenvalue weighted by atomic mass is 32.1. The van der Waals surface area contributed by atoms with Crippen molar-refractivity contribution < 1.29 is 8.78 Å². The number of aromatic nitrogens is 2. The van der Waals surface area contributed by atoms with Gasteiger partial charge in [-0.2, -0.15) is 0 Å². The number of benzene rings is 2. The summed E-state index contributed by atoms with van der Waals surface area (Å²) in [6, 6.07) is 10.5. The summed E-state index contributed by atoms with van der Waals surface area (Å²) in [6.45, 7) is 0.0807. The first-order chi connectivity index (χ1) is 11.6. The molecule has 1 aromatic heterocycles. The fourth-order valence-corrected chi connectivity index (χ4v) is 2.77. The van der Waals surface area contributed by atoms with E-state index in [1.165, 1.54) is 10.6 Å². The molecule has 120 valence electrons. The molecule has 3 rings (SSSR count). The molecule has 0 aliphatic heterocycles. The molecule has 0 aliphatic carbocycles. The molecule has 0 spiro atoms. The number of rotatable bonds is 3. The summed E-state index contributed by atoms with van der Waals surface area (Å²) in [6.07, 6.45) is 5.30. The summed E-state index contributed by atoms with van der Waals surface area (Å²) in [4.78, 5) is 16.8. The molecule has 7 heteroatoms. The van der Waals surface area contributed by atoms with Crippen molar-refractivity contribution in [1.29, 1.82) is 0 Å². The third-order valence-corrected chi connectivity index (χ3v) is 4.06. The van der Waals surface area contributed by atoms with Gasteiger partial charge in [-0.15, -0.1) is 6.42 Å². The molecule has 1 heterocycles. The Balaban J connectivity index is 1.99. The summed E-state index contributed by atoms with van der Waals surface area (Å²) < 4.78 is 30.3. The van der Waals surface area contributed by atoms with Crippen LogP contribution in [0, 0.1) is 24.0 Å². The van der Waals surface area contributed by atoms with E-state index in [1.54, 1.807) is 24.3 Å². The van der Waals surface area contributed by atoms with Crippen LogP contribution in [0.25, 0.3) is 0 Å². The van der Waals surface area contributed by atoms with Crippen LogP contribution >= 0.6 is 11.5 Å². The summed E-state index contributed by atoms with van der Waals surface area (Å²) >= 11 is 1.06. The van der Waals surface area contributed by atoms with Gasteiger partial charge in [0.1, 0.15) is 0 Å². The van der Waals surface area contributed by atoms with Gasteiger partial charge in [0.05, 0.1) is 12.2 Å². The molecule has 4 nitrogen and oxygen atoms in total. The van der Waals surface area contributed by atoms with Crippen LogP contribution in [0.15, 0.2) is 52.3 Å². The highest BCUT2D eigenvalue weighted by Gasteiger charge is 2.07. The summed E-state index contributed by atoms with van der Waals surface area (Å²) in [5.41, 5.74) is 1.44. The van der Waals surface area contributed by atoms with E-state index >= 15 is 0 Å². The fourth-order valence-electron chi connectivity index (χ4n) is 2.07. The standard InChI is InChI=1S/C17H11F2N3OS/c1-2-11-3-6-13(7-4-11)20-17-22(16(23)21-24-17)10-12-5-8-14(18)15(19)9-12/h1,3-9H,10H2,(H,21,23). The van der Waals surface area contributed by atoms with Crippen LogP contribution in [0.3, 0.4) is 0 Å². The lowest BCUT2D eigenvalue weighted by Gasteiger charge is -2.02. The van der Waals surface area contributed by atoms with E-state index in [9.17, 15) is 13.6 Å². The van der Waals surface area contributed by atoms with Gasteiger partial charge in [-0.25, -0.2) is 18.6 Å². The molecule has 0 aliphatic rings. The minimum Gasteiger partial charge on any atom is -0.263 e. The molecule has 24 heavy (non-hydrogen) atoms. The zero-order valence-electron chi connectivity index (χ0n) is 12.3. The van der Waals surface area contributed by atoms with Gasteiger partial charge in [-0.3, -0.25) is 8.94 Å². The highest BCUT2D eigenvalue weighted by Crippen LogP contribution is 2.12. The van der Waals surface area contributed by atoms with Crippen LogP contribution in [0.5, 0.6) is 0 Å². The van der Waals surface area contributed by atoms with Gasteiger partial charge in [0.25, 0.3) is 0 Å². The van der Waals surface area contributed by atoms with Crippen LogP contribution in [-0.2, 0) is 6.54 Å². The average molecular weight is 343 g/mol. The van der Waals surface area contributed by atoms with Gasteiger partial charge < -0.3 is 0 Å². The molecule has 0 saturated carbocycles. The predicted molar refractivity (Wildman–Crippen MR) is 88.0 cm³/mol. The first kappa shape index (κ1) is 15.9. The molecular formula is C17H11F2N3OS. The largest absolute Gasteiger partial charge is 0.337 e. The van der Waals surface area contributed by atoms with Crippen molar-refractivity contribution in [3.63, 3.8) is 0 Å². The Bertz CT molecular complexity index is 1040. The SMILES string of the molecule is C#Cc1ccc(N=c2s[nH]c(=O)n2Cc2ccc(F)c(F)c2)cc1. The quantitative estimate of drug-likeness (QED) is 0.731. The molecule has 0 radical (unpaired) electrons. The number of nitrogens with zero attached hydrogens (tertiary/aromatic N) is 2. The van der Waals surface area contributed by atoms with E-state index in [2.05, 4.69) is 15.3 Å². The van der Waals surface area contributed by atoms with Crippen molar-refractivity contribution in [2.24, 2.45) is 4.99 Å². The molecule has 0 unspecified atom stereocenters. The predicted octanol–water partition coefficient (Wildman–Crippen LogP) is 2.78. The van der Waals surface area contributed by atoms with Crippen molar-refractivity contribution in [2.75, 3.05) is 0 Å². The maximum atomic E-state index is 13.3. The van der Waals surface area contributed by atoms with E-state index in [0.717, 1.165) is 29.2 Å². The summed E-state index contributed by atoms with van der Waals surface area (Å²) in [5, 5.41) is 0. The Morgan fingerprint density at radius 1 is 1.17 bits per heavy atom. The number of H-pyrrole nitrogens is 1. The van der Waals surface area contributed by atoms with Gasteiger partial charge in [0, 0.05) is 5.56 Å². The summed E-state index contributed by atoms with van der Waals surface area (Å²) in [7, 11) is 0. The maximum absolute atomic E-state index is 13.3. The van der Waals surface area contributed by atoms with Crippen LogP contribution in [0.1, 0.15) is 11.1 Å². The average Bonchev–Trinajstić information content (AvgIpc) is 2.92. The van der Waals surface area contributed by atoms with Crippen LogP contribution in [0.2, 0.25) is 0 Å². The fraction of sp³-hybridized carbons (Fsp3) is 0.0588. The summed E-state index contributed by atoms with van der Waals surface area (Å²) in [5.74, 6) is 0.625. The minimum atomic E-state index is -0.955. The smallest absolute Gasteiger partial charge is 0.263 e. The van der Waals surface area contributed by atoms with E-state index < -0.39 is 11.6 Å². The number of nitrogens with one attached hydrogen (secondary N) is 1. The molecule has 1 N–H and O–H groups in total. The number of halogens is 2. The second kappa shape index (κ2) is 6.64. The highest BCUT2D eigenvalue weighted by molar-refractivity contribution is 7.02. The number of terminal acetylenes is 1. The minimum absolute atomic E-state index is 0.0807. The van der Waals surface area contributed by atoms with E-state index in [-0.39, 0.29) is 12.2 Å². The normalized spacial score (nSPS) is 11.5. The molecule has 3 aromatic rings. The lowest BCUT2D eigenvalue weighted by molar-refractivity contribution is 0.506. The third-order valence-electron chi connectivity index (χ3n) is 3.29. The number of aromatic amines is 1. The zero-order valence-corrected chi connectivity index (χ0v) is 13.1. The molecular weight excluding hydrogens is 332 g/mol. The third kappa shape index (κ3) is 3.34. The second-order valence-electron chi connectivity index (χ2n) is 4.93. The van der Waals surface area contributed by atoms with Crippen molar-refractivity contribution in [1.82, 2.24) is 8.94 Å². The Labute approximate surface area is 139 Å². The molecule has 0 amide bonds. The van der Waals surface area contributed by atoms with E-state index in [0.29, 0.717) is 16.1 Å². The monoisotopic (exact) mass is 343 g/mol. The first-order valence-corrected chi connectivity index (χ1v) is 7.72. The first-order valence-electron chi connectivity index (χ1n) is 6.90. The van der Waals surface area contributed by atoms with Gasteiger partial charge in [0.2, 0.25) is 4.80 Å². The van der Waals surface area contributed by atoms with Gasteiger partial charge in [-0.05, 0) is 53.5 Å². The van der Waals surface area contributed by atoms with Crippen molar-refractivity contribution >= 4 is 17.2 Å². The van der Waals surface area contributed by atoms with E-state index in [1.807, 2.05) is 0 Å². The topological polar surface area (TPSA) is 50.1 Å². The lowest BCUT2D eigenvalue weighted by atomic mass is 10.2. The van der Waals surface area contributed by atoms with Crippen molar-refractivity contribution in [3.05, 3.63) is 80.5 Å². The van der Waals surface area contributed by atoms with Crippen molar-refractivity contribution in [3.8, 4) is 12.3 Å². The molecule has 0 saturated heterocycles. The molecule has 0 bridgehead atoms. The van der Waals surface area contributed by atoms with Gasteiger partial charge in [-0.1, -0.05) is 12.0 Å². The van der Waals surface area contributed by atoms with Gasteiger partial charge >= 0.3 is 5.69 Å². The lowest BCUT2D eigenvalue weighted by Crippen LogP contribution is -2.27. The Kier molecular flexibility index (Phi) is 4.40. The van der Waals surface area contributed by atoms with Crippen LogP contribution in [0.4, 0.5) is 14.5 Å². The van der Waals surface area contributed by atoms with Gasteiger partial charge in [0.15, 0.2) is 11.6 Å². The Morgan fingerprint density at radius 3 is 2.58 bits per heavy atom. The van der Waals surface area contributed by atoms with Crippen LogP contribution < -0.4 is 10.5 Å². The zero-order chi connectivity index (χ0) is 17.1. The molecule has 0 fully saturated rings. The second-order valence-corrected chi connectivity index (χ2v) is 5.70. The Hall–Kier alpha value is -2.98. The van der Waals surface area contributed by atoms with Crippen LogP contribution in [-0.4, -0.2) is 8.94 Å². The van der Waals surface area contributed by atoms with E-state index in [4.69, 9.17) is 6.42 Å². The molecule has 2 aromatic carbocycles. The maximum Gasteiger partial charge on any atom is 0.337 e. The molecule has 0 atom stereocenters. The number of hydrogen-bond acceptors (Lipinski definition) is 3. The Morgan fingerprint density at radius 2 is 1.92 bits per heavy atom.